The summed E-state index contributed by atoms with van der Waals surface area (Å²) in [7, 11) is 0. The second-order valence-electron chi connectivity index (χ2n) is 9.98. The molecular weight excluding hydrogens is 425 g/mol. The van der Waals surface area contributed by atoms with Crippen molar-refractivity contribution in [3.8, 4) is 11.1 Å². The van der Waals surface area contributed by atoms with E-state index >= 15 is 0 Å². The molecule has 3 aromatic rings. The molecule has 4 heteroatoms. The largest absolute Gasteiger partial charge is 0.478 e. The fraction of sp³-hybridized carbons (Fsp3) is 0.367. The highest BCUT2D eigenvalue weighted by Crippen LogP contribution is 2.27. The summed E-state index contributed by atoms with van der Waals surface area (Å²) in [5.41, 5.74) is 5.36. The first kappa shape index (κ1) is 25.5. The Morgan fingerprint density at radius 1 is 0.882 bits per heavy atom. The van der Waals surface area contributed by atoms with Crippen LogP contribution in [-0.4, -0.2) is 17.6 Å². The minimum absolute atomic E-state index is 0.129. The van der Waals surface area contributed by atoms with Crippen molar-refractivity contribution in [2.45, 2.75) is 65.3 Å². The SMILES string of the molecule is CCCCCCN(Cc1ccc(-c2ccc(C(C)(C)C)cc2)cc1)c1ccc(F)c(C(=O)O)c1. The van der Waals surface area contributed by atoms with Crippen molar-refractivity contribution < 1.29 is 14.3 Å². The molecule has 0 aliphatic carbocycles. The molecule has 0 radical (unpaired) electrons. The number of unbranched alkanes of at least 4 members (excludes halogenated alkanes) is 3. The number of carboxylic acids is 1. The quantitative estimate of drug-likeness (QED) is 0.310. The summed E-state index contributed by atoms with van der Waals surface area (Å²) in [6.07, 6.45) is 4.44. The molecule has 0 saturated heterocycles. The summed E-state index contributed by atoms with van der Waals surface area (Å²) in [4.78, 5) is 13.6. The molecule has 0 amide bonds. The minimum atomic E-state index is -1.24. The van der Waals surface area contributed by atoms with E-state index in [0.717, 1.165) is 42.6 Å². The molecular formula is C30H36FNO2. The number of carboxylic acid groups (broad SMARTS) is 1. The van der Waals surface area contributed by atoms with Gasteiger partial charge in [-0.2, -0.15) is 0 Å². The van der Waals surface area contributed by atoms with Crippen molar-refractivity contribution >= 4 is 11.7 Å². The fourth-order valence-electron chi connectivity index (χ4n) is 4.09. The highest BCUT2D eigenvalue weighted by Gasteiger charge is 2.16. The highest BCUT2D eigenvalue weighted by molar-refractivity contribution is 5.89. The summed E-state index contributed by atoms with van der Waals surface area (Å²) in [5.74, 6) is -1.95. The third-order valence-electron chi connectivity index (χ3n) is 6.24. The zero-order valence-corrected chi connectivity index (χ0v) is 20.8. The highest BCUT2D eigenvalue weighted by atomic mass is 19.1. The van der Waals surface area contributed by atoms with E-state index < -0.39 is 11.8 Å². The molecule has 180 valence electrons. The second kappa shape index (κ2) is 11.3. The van der Waals surface area contributed by atoms with Crippen molar-refractivity contribution in [2.24, 2.45) is 0 Å². The maximum Gasteiger partial charge on any atom is 0.338 e. The average Bonchev–Trinajstić information content (AvgIpc) is 2.81. The zero-order chi connectivity index (χ0) is 24.7. The van der Waals surface area contributed by atoms with Crippen LogP contribution in [0.25, 0.3) is 11.1 Å². The van der Waals surface area contributed by atoms with Gasteiger partial charge in [0.1, 0.15) is 5.82 Å². The van der Waals surface area contributed by atoms with Crippen molar-refractivity contribution in [3.63, 3.8) is 0 Å². The number of benzene rings is 3. The van der Waals surface area contributed by atoms with Gasteiger partial charge < -0.3 is 10.0 Å². The molecule has 3 nitrogen and oxygen atoms in total. The van der Waals surface area contributed by atoms with E-state index in [1.807, 2.05) is 0 Å². The topological polar surface area (TPSA) is 40.5 Å². The van der Waals surface area contributed by atoms with E-state index in [9.17, 15) is 14.3 Å². The number of hydrogen-bond acceptors (Lipinski definition) is 2. The maximum atomic E-state index is 14.0. The van der Waals surface area contributed by atoms with Crippen molar-refractivity contribution in [1.29, 1.82) is 0 Å². The first-order valence-corrected chi connectivity index (χ1v) is 12.2. The van der Waals surface area contributed by atoms with Crippen LogP contribution >= 0.6 is 0 Å². The molecule has 0 heterocycles. The molecule has 0 atom stereocenters. The van der Waals surface area contributed by atoms with Gasteiger partial charge in [0, 0.05) is 18.8 Å². The van der Waals surface area contributed by atoms with E-state index in [1.165, 1.54) is 29.7 Å². The minimum Gasteiger partial charge on any atom is -0.478 e. The van der Waals surface area contributed by atoms with Gasteiger partial charge in [0.2, 0.25) is 0 Å². The summed E-state index contributed by atoms with van der Waals surface area (Å²) in [6, 6.07) is 21.6. The number of nitrogens with zero attached hydrogens (tertiary/aromatic N) is 1. The lowest BCUT2D eigenvalue weighted by Crippen LogP contribution is -2.24. The zero-order valence-electron chi connectivity index (χ0n) is 20.8. The molecule has 1 N–H and O–H groups in total. The van der Waals surface area contributed by atoms with Gasteiger partial charge in [-0.25, -0.2) is 9.18 Å². The van der Waals surface area contributed by atoms with Crippen LogP contribution in [0.4, 0.5) is 10.1 Å². The summed E-state index contributed by atoms with van der Waals surface area (Å²) < 4.78 is 14.0. The summed E-state index contributed by atoms with van der Waals surface area (Å²) >= 11 is 0. The molecule has 0 aromatic heterocycles. The predicted octanol–water partition coefficient (Wildman–Crippen LogP) is 8.08. The van der Waals surface area contributed by atoms with Crippen LogP contribution in [0, 0.1) is 5.82 Å². The van der Waals surface area contributed by atoms with E-state index in [1.54, 1.807) is 6.07 Å². The van der Waals surface area contributed by atoms with Crippen molar-refractivity contribution in [1.82, 2.24) is 0 Å². The third-order valence-corrected chi connectivity index (χ3v) is 6.24. The Kier molecular flexibility index (Phi) is 8.49. The van der Waals surface area contributed by atoms with E-state index in [4.69, 9.17) is 0 Å². The Labute approximate surface area is 203 Å². The molecule has 3 aromatic carbocycles. The Bertz CT molecular complexity index is 1080. The monoisotopic (exact) mass is 461 g/mol. The van der Waals surface area contributed by atoms with Gasteiger partial charge in [-0.15, -0.1) is 0 Å². The fourth-order valence-corrected chi connectivity index (χ4v) is 4.09. The van der Waals surface area contributed by atoms with Crippen LogP contribution in [0.3, 0.4) is 0 Å². The lowest BCUT2D eigenvalue weighted by Gasteiger charge is -2.26. The maximum absolute atomic E-state index is 14.0. The predicted molar refractivity (Wildman–Crippen MR) is 139 cm³/mol. The first-order chi connectivity index (χ1) is 16.2. The smallest absolute Gasteiger partial charge is 0.338 e. The van der Waals surface area contributed by atoms with Gasteiger partial charge in [0.15, 0.2) is 0 Å². The molecule has 0 aliphatic heterocycles. The molecule has 0 saturated carbocycles. The van der Waals surface area contributed by atoms with Gasteiger partial charge in [0.05, 0.1) is 5.56 Å². The number of hydrogen-bond donors (Lipinski definition) is 1. The van der Waals surface area contributed by atoms with E-state index in [0.29, 0.717) is 6.54 Å². The normalized spacial score (nSPS) is 11.4. The van der Waals surface area contributed by atoms with Crippen LogP contribution in [0.1, 0.15) is 74.9 Å². The third kappa shape index (κ3) is 6.69. The standard InChI is InChI=1S/C30H36FNO2/c1-5-6-7-8-19-32(26-17-18-28(31)27(20-26)29(33)34)21-22-9-11-23(12-10-22)24-13-15-25(16-14-24)30(2,3)4/h9-18,20H,5-8,19,21H2,1-4H3,(H,33,34). The number of aromatic carboxylic acids is 1. The average molecular weight is 462 g/mol. The summed E-state index contributed by atoms with van der Waals surface area (Å²) in [5, 5.41) is 9.35. The number of anilines is 1. The van der Waals surface area contributed by atoms with Crippen LogP contribution in [0.5, 0.6) is 0 Å². The lowest BCUT2D eigenvalue weighted by molar-refractivity contribution is 0.0692. The van der Waals surface area contributed by atoms with Gasteiger partial charge in [-0.3, -0.25) is 0 Å². The van der Waals surface area contributed by atoms with Crippen LogP contribution < -0.4 is 4.90 Å². The van der Waals surface area contributed by atoms with Crippen LogP contribution in [-0.2, 0) is 12.0 Å². The Morgan fingerprint density at radius 3 is 2.06 bits per heavy atom. The number of halogens is 1. The first-order valence-electron chi connectivity index (χ1n) is 12.2. The molecule has 0 aliphatic rings. The Hall–Kier alpha value is -3.14. The van der Waals surface area contributed by atoms with Crippen molar-refractivity contribution in [2.75, 3.05) is 11.4 Å². The molecule has 3 rings (SSSR count). The van der Waals surface area contributed by atoms with E-state index in [2.05, 4.69) is 81.1 Å². The Morgan fingerprint density at radius 2 is 1.50 bits per heavy atom. The number of rotatable bonds is 10. The van der Waals surface area contributed by atoms with Gasteiger partial charge in [-0.1, -0.05) is 95.5 Å². The summed E-state index contributed by atoms with van der Waals surface area (Å²) in [6.45, 7) is 10.2. The molecule has 0 bridgehead atoms. The van der Waals surface area contributed by atoms with Gasteiger partial charge in [0.25, 0.3) is 0 Å². The Balaban J connectivity index is 1.79. The molecule has 34 heavy (non-hydrogen) atoms. The second-order valence-corrected chi connectivity index (χ2v) is 9.98. The van der Waals surface area contributed by atoms with Gasteiger partial charge >= 0.3 is 5.97 Å². The number of carbonyl (C=O) groups is 1. The van der Waals surface area contributed by atoms with Crippen molar-refractivity contribution in [3.05, 3.63) is 89.2 Å². The lowest BCUT2D eigenvalue weighted by atomic mass is 9.86. The molecule has 0 spiro atoms. The van der Waals surface area contributed by atoms with Gasteiger partial charge in [-0.05, 0) is 52.3 Å². The van der Waals surface area contributed by atoms with Crippen LogP contribution in [0.15, 0.2) is 66.7 Å². The van der Waals surface area contributed by atoms with E-state index in [-0.39, 0.29) is 11.0 Å². The molecule has 0 unspecified atom stereocenters. The molecule has 0 fully saturated rings. The van der Waals surface area contributed by atoms with Crippen LogP contribution in [0.2, 0.25) is 0 Å².